The van der Waals surface area contributed by atoms with Crippen LogP contribution in [-0.2, 0) is 4.79 Å². The molecule has 0 heterocycles. The maximum Gasteiger partial charge on any atom is 0.422 e. The summed E-state index contributed by atoms with van der Waals surface area (Å²) in [6.45, 7) is -3.53. The first-order valence-corrected chi connectivity index (χ1v) is 9.12. The van der Waals surface area contributed by atoms with E-state index in [1.807, 2.05) is 0 Å². The van der Waals surface area contributed by atoms with Gasteiger partial charge in [0.25, 0.3) is 5.69 Å². The van der Waals surface area contributed by atoms with Crippen LogP contribution in [-0.4, -0.2) is 42.6 Å². The number of nitro groups is 1. The summed E-state index contributed by atoms with van der Waals surface area (Å²) in [5, 5.41) is 12.9. The topological polar surface area (TPSA) is 90.7 Å². The van der Waals surface area contributed by atoms with Crippen LogP contribution in [0.1, 0.15) is 5.56 Å². The van der Waals surface area contributed by atoms with Gasteiger partial charge in [0.1, 0.15) is 11.5 Å². The molecular weight excluding hydrogens is 481 g/mol. The Morgan fingerprint density at radius 1 is 1.00 bits per heavy atom. The number of nitrogens with zero attached hydrogens (tertiary/aromatic N) is 1. The molecule has 2 aromatic rings. The molecule has 0 bridgehead atoms. The quantitative estimate of drug-likeness (QED) is 0.204. The lowest BCUT2D eigenvalue weighted by atomic mass is 10.2. The highest BCUT2D eigenvalue weighted by Gasteiger charge is 2.41. The van der Waals surface area contributed by atoms with Gasteiger partial charge in [0.15, 0.2) is 13.2 Å². The molecule has 0 fully saturated rings. The van der Waals surface area contributed by atoms with Crippen LogP contribution in [0.3, 0.4) is 0 Å². The second-order valence-corrected chi connectivity index (χ2v) is 6.62. The van der Waals surface area contributed by atoms with Crippen molar-refractivity contribution in [1.29, 1.82) is 0 Å². The van der Waals surface area contributed by atoms with Crippen molar-refractivity contribution in [3.8, 4) is 11.5 Å². The fourth-order valence-corrected chi connectivity index (χ4v) is 2.28. The van der Waals surface area contributed by atoms with Gasteiger partial charge in [-0.15, -0.1) is 0 Å². The Balaban J connectivity index is 2.17. The van der Waals surface area contributed by atoms with Gasteiger partial charge in [-0.2, -0.15) is 22.0 Å². The van der Waals surface area contributed by atoms with Crippen molar-refractivity contribution in [1.82, 2.24) is 0 Å². The van der Waals surface area contributed by atoms with Gasteiger partial charge >= 0.3 is 18.5 Å². The van der Waals surface area contributed by atoms with Crippen molar-refractivity contribution >= 4 is 23.4 Å². The van der Waals surface area contributed by atoms with Crippen LogP contribution in [0.5, 0.6) is 11.5 Å². The Morgan fingerprint density at radius 2 is 1.56 bits per heavy atom. The van der Waals surface area contributed by atoms with Gasteiger partial charge in [0.05, 0.1) is 4.92 Å². The number of carbonyl (C=O) groups is 1. The third-order valence-corrected chi connectivity index (χ3v) is 3.83. The van der Waals surface area contributed by atoms with Crippen molar-refractivity contribution in [2.45, 2.75) is 18.5 Å². The Hall–Kier alpha value is -3.84. The highest BCUT2D eigenvalue weighted by molar-refractivity contribution is 6.02. The van der Waals surface area contributed by atoms with E-state index in [2.05, 4.69) is 14.8 Å². The average Bonchev–Trinajstić information content (AvgIpc) is 2.74. The van der Waals surface area contributed by atoms with E-state index < -0.39 is 54.1 Å². The van der Waals surface area contributed by atoms with Crippen molar-refractivity contribution in [2.24, 2.45) is 0 Å². The molecule has 0 atom stereocenters. The zero-order valence-electron chi connectivity index (χ0n) is 16.8. The molecule has 1 amide bonds. The molecule has 2 aromatic carbocycles. The molecule has 0 saturated carbocycles. The number of hydrogen-bond acceptors (Lipinski definition) is 5. The summed E-state index contributed by atoms with van der Waals surface area (Å²) in [7, 11) is 0. The van der Waals surface area contributed by atoms with Gasteiger partial charge in [-0.25, -0.2) is 8.78 Å². The third kappa shape index (κ3) is 8.60. The molecule has 2 rings (SSSR count). The Bertz CT molecular complexity index is 1040. The summed E-state index contributed by atoms with van der Waals surface area (Å²) >= 11 is 0. The molecule has 14 heteroatoms. The number of rotatable bonds is 10. The highest BCUT2D eigenvalue weighted by Crippen LogP contribution is 2.30. The molecule has 0 spiro atoms. The number of carbonyl (C=O) groups excluding carboxylic acids is 1. The van der Waals surface area contributed by atoms with E-state index in [-0.39, 0.29) is 11.4 Å². The lowest BCUT2D eigenvalue weighted by molar-refractivity contribution is -0.384. The second kappa shape index (κ2) is 10.9. The number of alkyl halides is 7. The summed E-state index contributed by atoms with van der Waals surface area (Å²) < 4.78 is 97.2. The number of halogens is 7. The maximum atomic E-state index is 13.1. The molecule has 184 valence electrons. The average molecular weight is 496 g/mol. The van der Waals surface area contributed by atoms with Gasteiger partial charge < -0.3 is 14.8 Å². The van der Waals surface area contributed by atoms with Crippen LogP contribution in [0.4, 0.5) is 42.1 Å². The number of ether oxygens (including phenoxy) is 2. The van der Waals surface area contributed by atoms with Crippen LogP contribution in [0.2, 0.25) is 0 Å². The van der Waals surface area contributed by atoms with Gasteiger partial charge in [-0.05, 0) is 23.8 Å². The van der Waals surface area contributed by atoms with Gasteiger partial charge in [-0.3, -0.25) is 14.9 Å². The number of anilines is 1. The van der Waals surface area contributed by atoms with Crippen molar-refractivity contribution in [3.63, 3.8) is 0 Å². The summed E-state index contributed by atoms with van der Waals surface area (Å²) in [4.78, 5) is 22.1. The fraction of sp³-hybridized carbons (Fsp3) is 0.250. The SMILES string of the molecule is O=C(/C=C\c1ccc([N+](=O)[O-])cc1)Nc1cc(OCC(F)(F)F)cc(OCC(F)(F)C(F)F)c1. The molecule has 1 N–H and O–H groups in total. The molecule has 34 heavy (non-hydrogen) atoms. The molecule has 0 saturated heterocycles. The molecule has 0 aromatic heterocycles. The number of amides is 1. The van der Waals surface area contributed by atoms with E-state index in [0.29, 0.717) is 5.56 Å². The number of benzene rings is 2. The molecule has 0 unspecified atom stereocenters. The Labute approximate surface area is 186 Å². The minimum absolute atomic E-state index is 0.178. The Kier molecular flexibility index (Phi) is 8.43. The Morgan fingerprint density at radius 3 is 2.06 bits per heavy atom. The number of nitro benzene ring substituents is 1. The lowest BCUT2D eigenvalue weighted by Gasteiger charge is -2.17. The number of non-ortho nitro benzene ring substituents is 1. The standard InChI is InChI=1S/C20H15F7N2O5/c21-18(22)19(23,24)10-33-15-7-13(8-16(9-15)34-11-20(25,26)27)28-17(30)6-3-12-1-4-14(5-2-12)29(31)32/h1-9,18H,10-11H2,(H,28,30)/b6-3-. The lowest BCUT2D eigenvalue weighted by Crippen LogP contribution is -2.33. The first-order chi connectivity index (χ1) is 15.7. The molecule has 0 aliphatic carbocycles. The molecule has 7 nitrogen and oxygen atoms in total. The normalized spacial score (nSPS) is 12.1. The van der Waals surface area contributed by atoms with Gasteiger partial charge in [0, 0.05) is 42.1 Å². The first kappa shape index (κ1) is 26.4. The van der Waals surface area contributed by atoms with Crippen LogP contribution in [0, 0.1) is 10.1 Å². The van der Waals surface area contributed by atoms with E-state index >= 15 is 0 Å². The summed E-state index contributed by atoms with van der Waals surface area (Å²) in [5.74, 6) is -6.45. The van der Waals surface area contributed by atoms with Crippen molar-refractivity contribution in [3.05, 3.63) is 64.2 Å². The van der Waals surface area contributed by atoms with Gasteiger partial charge in [0.2, 0.25) is 5.91 Å². The van der Waals surface area contributed by atoms with E-state index in [9.17, 15) is 45.6 Å². The summed E-state index contributed by atoms with van der Waals surface area (Å²) in [6.07, 6.45) is -6.53. The van der Waals surface area contributed by atoms with E-state index in [4.69, 9.17) is 0 Å². The van der Waals surface area contributed by atoms with E-state index in [0.717, 1.165) is 24.3 Å². The highest BCUT2D eigenvalue weighted by atomic mass is 19.4. The zero-order chi connectivity index (χ0) is 25.5. The zero-order valence-corrected chi connectivity index (χ0v) is 16.8. The summed E-state index contributed by atoms with van der Waals surface area (Å²) in [5.41, 5.74) is -0.0168. The predicted molar refractivity (Wildman–Crippen MR) is 105 cm³/mol. The summed E-state index contributed by atoms with van der Waals surface area (Å²) in [6, 6.07) is 7.69. The fourth-order valence-electron chi connectivity index (χ4n) is 2.28. The largest absolute Gasteiger partial charge is 0.487 e. The van der Waals surface area contributed by atoms with Crippen LogP contribution in [0.25, 0.3) is 6.08 Å². The van der Waals surface area contributed by atoms with E-state index in [1.165, 1.54) is 30.3 Å². The minimum Gasteiger partial charge on any atom is -0.487 e. The maximum absolute atomic E-state index is 13.1. The van der Waals surface area contributed by atoms with Crippen LogP contribution >= 0.6 is 0 Å². The predicted octanol–water partition coefficient (Wildman–Crippen LogP) is 5.47. The minimum atomic E-state index is -4.74. The molecular formula is C20H15F7N2O5. The van der Waals surface area contributed by atoms with Crippen LogP contribution < -0.4 is 14.8 Å². The molecule has 0 radical (unpaired) electrons. The van der Waals surface area contributed by atoms with Crippen LogP contribution in [0.15, 0.2) is 48.5 Å². The first-order valence-electron chi connectivity index (χ1n) is 9.12. The number of nitrogens with one attached hydrogen (secondary N) is 1. The molecule has 0 aliphatic rings. The van der Waals surface area contributed by atoms with Crippen molar-refractivity contribution in [2.75, 3.05) is 18.5 Å². The van der Waals surface area contributed by atoms with E-state index in [1.54, 1.807) is 0 Å². The van der Waals surface area contributed by atoms with Gasteiger partial charge in [-0.1, -0.05) is 0 Å². The smallest absolute Gasteiger partial charge is 0.422 e. The third-order valence-electron chi connectivity index (χ3n) is 3.83. The monoisotopic (exact) mass is 496 g/mol. The van der Waals surface area contributed by atoms with Crippen molar-refractivity contribution < 1.29 is 49.9 Å². The number of hydrogen-bond donors (Lipinski definition) is 1. The second-order valence-electron chi connectivity index (χ2n) is 6.62. The molecule has 0 aliphatic heterocycles.